The molecule has 1 aliphatic rings. The molecular formula is C20H26O4. The van der Waals surface area contributed by atoms with Crippen LogP contribution >= 0.6 is 0 Å². The maximum atomic E-state index is 12.9. The Hall–Kier alpha value is -1.97. The Morgan fingerprint density at radius 2 is 1.92 bits per heavy atom. The third-order valence-corrected chi connectivity index (χ3v) is 5.50. The van der Waals surface area contributed by atoms with Crippen LogP contribution in [0.4, 0.5) is 0 Å². The fourth-order valence-electron chi connectivity index (χ4n) is 4.09. The molecule has 0 amide bonds. The highest BCUT2D eigenvalue weighted by atomic mass is 16.4. The fraction of sp³-hybridized carbons (Fsp3) is 0.550. The maximum Gasteiger partial charge on any atom is 0.310 e. The van der Waals surface area contributed by atoms with Crippen molar-refractivity contribution in [2.75, 3.05) is 0 Å². The fourth-order valence-corrected chi connectivity index (χ4v) is 4.09. The van der Waals surface area contributed by atoms with Gasteiger partial charge in [-0.3, -0.25) is 14.4 Å². The molecule has 0 bridgehead atoms. The van der Waals surface area contributed by atoms with Gasteiger partial charge in [-0.1, -0.05) is 31.5 Å². The Kier molecular flexibility index (Phi) is 5.26. The summed E-state index contributed by atoms with van der Waals surface area (Å²) in [4.78, 5) is 36.6. The molecule has 1 aromatic rings. The quantitative estimate of drug-likeness (QED) is 0.867. The average molecular weight is 330 g/mol. The lowest BCUT2D eigenvalue weighted by Crippen LogP contribution is -2.39. The van der Waals surface area contributed by atoms with Gasteiger partial charge in [0.1, 0.15) is 11.6 Å². The number of carbonyl (C=O) groups excluding carboxylic acids is 2. The second kappa shape index (κ2) is 6.88. The maximum absolute atomic E-state index is 12.9. The van der Waals surface area contributed by atoms with E-state index in [4.69, 9.17) is 0 Å². The van der Waals surface area contributed by atoms with E-state index >= 15 is 0 Å². The number of rotatable bonds is 6. The van der Waals surface area contributed by atoms with E-state index in [0.717, 1.165) is 28.7 Å². The zero-order chi connectivity index (χ0) is 18.1. The van der Waals surface area contributed by atoms with E-state index in [2.05, 4.69) is 13.0 Å². The van der Waals surface area contributed by atoms with Crippen molar-refractivity contribution < 1.29 is 19.5 Å². The predicted molar refractivity (Wildman–Crippen MR) is 92.1 cm³/mol. The molecule has 1 aliphatic carbocycles. The highest BCUT2D eigenvalue weighted by Gasteiger charge is 2.54. The van der Waals surface area contributed by atoms with Gasteiger partial charge in [0.15, 0.2) is 0 Å². The van der Waals surface area contributed by atoms with Crippen LogP contribution in [-0.4, -0.2) is 22.6 Å². The molecule has 130 valence electrons. The minimum absolute atomic E-state index is 0.0250. The summed E-state index contributed by atoms with van der Waals surface area (Å²) in [6, 6.07) is 4.13. The van der Waals surface area contributed by atoms with Crippen molar-refractivity contribution in [2.24, 2.45) is 11.3 Å². The Morgan fingerprint density at radius 3 is 2.46 bits per heavy atom. The van der Waals surface area contributed by atoms with Crippen molar-refractivity contribution in [2.45, 2.75) is 59.8 Å². The second-order valence-corrected chi connectivity index (χ2v) is 7.00. The molecule has 2 unspecified atom stereocenters. The molecule has 2 atom stereocenters. The van der Waals surface area contributed by atoms with E-state index in [0.29, 0.717) is 6.42 Å². The zero-order valence-corrected chi connectivity index (χ0v) is 14.9. The van der Waals surface area contributed by atoms with E-state index in [9.17, 15) is 19.5 Å². The minimum atomic E-state index is -1.22. The summed E-state index contributed by atoms with van der Waals surface area (Å²) in [6.45, 7) is 7.81. The Labute approximate surface area is 143 Å². The number of hydrogen-bond donors (Lipinski definition) is 1. The van der Waals surface area contributed by atoms with Crippen LogP contribution in [0.1, 0.15) is 55.4 Å². The Morgan fingerprint density at radius 1 is 1.25 bits per heavy atom. The van der Waals surface area contributed by atoms with Crippen molar-refractivity contribution in [1.29, 1.82) is 0 Å². The molecule has 1 aromatic carbocycles. The molecule has 0 saturated heterocycles. The van der Waals surface area contributed by atoms with Crippen LogP contribution in [-0.2, 0) is 27.2 Å². The van der Waals surface area contributed by atoms with Gasteiger partial charge in [-0.25, -0.2) is 0 Å². The van der Waals surface area contributed by atoms with Crippen molar-refractivity contribution in [1.82, 2.24) is 0 Å². The lowest BCUT2D eigenvalue weighted by atomic mass is 9.72. The van der Waals surface area contributed by atoms with Crippen LogP contribution in [0.5, 0.6) is 0 Å². The molecule has 0 heterocycles. The summed E-state index contributed by atoms with van der Waals surface area (Å²) in [5.41, 5.74) is 3.11. The number of ketones is 2. The third kappa shape index (κ3) is 3.14. The molecule has 1 fully saturated rings. The molecule has 1 saturated carbocycles. The first-order chi connectivity index (χ1) is 11.2. The monoisotopic (exact) mass is 330 g/mol. The van der Waals surface area contributed by atoms with E-state index in [1.165, 1.54) is 0 Å². The lowest BCUT2D eigenvalue weighted by Gasteiger charge is -2.28. The molecule has 2 rings (SSSR count). The van der Waals surface area contributed by atoms with Gasteiger partial charge in [0.25, 0.3) is 0 Å². The van der Waals surface area contributed by atoms with E-state index in [1.807, 2.05) is 19.9 Å². The van der Waals surface area contributed by atoms with Gasteiger partial charge in [-0.2, -0.15) is 0 Å². The van der Waals surface area contributed by atoms with Gasteiger partial charge in [0.2, 0.25) is 0 Å². The third-order valence-electron chi connectivity index (χ3n) is 5.50. The van der Waals surface area contributed by atoms with Crippen LogP contribution in [0.15, 0.2) is 12.1 Å². The largest absolute Gasteiger partial charge is 0.481 e. The summed E-state index contributed by atoms with van der Waals surface area (Å²) in [5.74, 6) is -1.97. The molecule has 0 aliphatic heterocycles. The summed E-state index contributed by atoms with van der Waals surface area (Å²) in [5, 5.41) is 9.65. The van der Waals surface area contributed by atoms with E-state index in [-0.39, 0.29) is 30.8 Å². The van der Waals surface area contributed by atoms with Gasteiger partial charge in [-0.05, 0) is 43.4 Å². The normalized spacial score (nSPS) is 23.5. The van der Waals surface area contributed by atoms with E-state index in [1.54, 1.807) is 6.92 Å². The van der Waals surface area contributed by atoms with Crippen molar-refractivity contribution in [3.63, 3.8) is 0 Å². The molecule has 24 heavy (non-hydrogen) atoms. The molecule has 4 heteroatoms. The molecule has 0 radical (unpaired) electrons. The molecular weight excluding hydrogens is 304 g/mol. The highest BCUT2D eigenvalue weighted by Crippen LogP contribution is 2.45. The first-order valence-corrected chi connectivity index (χ1v) is 8.62. The topological polar surface area (TPSA) is 71.4 Å². The summed E-state index contributed by atoms with van der Waals surface area (Å²) in [6.07, 6.45) is 1.38. The van der Waals surface area contributed by atoms with Crippen molar-refractivity contribution >= 4 is 17.5 Å². The van der Waals surface area contributed by atoms with Gasteiger partial charge in [0, 0.05) is 25.2 Å². The van der Waals surface area contributed by atoms with Crippen LogP contribution < -0.4 is 0 Å². The number of benzene rings is 1. The molecule has 0 spiro atoms. The number of aliphatic carboxylic acids is 1. The zero-order valence-electron chi connectivity index (χ0n) is 14.9. The SMILES string of the molecule is CCc1cc(C)cc(C)c1CC(=O)C1CC(=O)CC1(CC)C(=O)O. The molecule has 4 nitrogen and oxygen atoms in total. The van der Waals surface area contributed by atoms with E-state index < -0.39 is 17.3 Å². The standard InChI is InChI=1S/C20H26O4/c1-5-14-8-12(3)7-13(4)16(14)10-18(22)17-9-15(21)11-20(17,6-2)19(23)24/h7-8,17H,5-6,9-11H2,1-4H3,(H,23,24). The summed E-state index contributed by atoms with van der Waals surface area (Å²) < 4.78 is 0. The number of carboxylic acid groups (broad SMARTS) is 1. The number of hydrogen-bond acceptors (Lipinski definition) is 3. The smallest absolute Gasteiger partial charge is 0.310 e. The number of aryl methyl sites for hydroxylation is 3. The van der Waals surface area contributed by atoms with Gasteiger partial charge in [0.05, 0.1) is 5.41 Å². The molecule has 1 N–H and O–H groups in total. The van der Waals surface area contributed by atoms with Crippen LogP contribution in [0.3, 0.4) is 0 Å². The van der Waals surface area contributed by atoms with Crippen LogP contribution in [0.2, 0.25) is 0 Å². The van der Waals surface area contributed by atoms with Gasteiger partial charge >= 0.3 is 5.97 Å². The van der Waals surface area contributed by atoms with Crippen molar-refractivity contribution in [3.8, 4) is 0 Å². The summed E-state index contributed by atoms with van der Waals surface area (Å²) >= 11 is 0. The first kappa shape index (κ1) is 18.4. The number of carboxylic acids is 1. The summed E-state index contributed by atoms with van der Waals surface area (Å²) in [7, 11) is 0. The van der Waals surface area contributed by atoms with Gasteiger partial charge in [-0.15, -0.1) is 0 Å². The number of Topliss-reactive ketones (excluding diaryl/α,β-unsaturated/α-hetero) is 2. The van der Waals surface area contributed by atoms with Crippen LogP contribution in [0.25, 0.3) is 0 Å². The Bertz CT molecular complexity index is 689. The first-order valence-electron chi connectivity index (χ1n) is 8.62. The van der Waals surface area contributed by atoms with Crippen molar-refractivity contribution in [3.05, 3.63) is 34.4 Å². The number of carbonyl (C=O) groups is 3. The lowest BCUT2D eigenvalue weighted by molar-refractivity contribution is -0.155. The average Bonchev–Trinajstić information content (AvgIpc) is 2.87. The van der Waals surface area contributed by atoms with Gasteiger partial charge < -0.3 is 5.11 Å². The predicted octanol–water partition coefficient (Wildman–Crippen LogP) is 3.44. The highest BCUT2D eigenvalue weighted by molar-refractivity contribution is 6.00. The molecule has 0 aromatic heterocycles. The minimum Gasteiger partial charge on any atom is -0.481 e. The van der Waals surface area contributed by atoms with Crippen LogP contribution in [0, 0.1) is 25.2 Å². The second-order valence-electron chi connectivity index (χ2n) is 7.00. The Balaban J connectivity index is 2.36.